The first-order valence-corrected chi connectivity index (χ1v) is 6.22. The van der Waals surface area contributed by atoms with Crippen molar-refractivity contribution >= 4 is 25.8 Å². The zero-order valence-corrected chi connectivity index (χ0v) is 8.24. The topological polar surface area (TPSA) is 17.1 Å². The molecule has 13 heavy (non-hydrogen) atoms. The monoisotopic (exact) mass is 200 g/mol. The second-order valence-electron chi connectivity index (χ2n) is 3.18. The van der Waals surface area contributed by atoms with E-state index in [1.807, 2.05) is 0 Å². The molecule has 0 N–H and O–H groups in total. The molecule has 5 heteroatoms. The third kappa shape index (κ3) is 2.19. The lowest BCUT2D eigenvalue weighted by Gasteiger charge is -2.09. The van der Waals surface area contributed by atoms with Crippen LogP contribution in [0.15, 0.2) is 12.1 Å². The summed E-state index contributed by atoms with van der Waals surface area (Å²) < 4.78 is 37.4. The van der Waals surface area contributed by atoms with Crippen LogP contribution in [-0.4, -0.2) is 21.2 Å². The Hall–Kier alpha value is -0.625. The van der Waals surface area contributed by atoms with E-state index < -0.39 is 18.8 Å². The van der Waals surface area contributed by atoms with Gasteiger partial charge in [-0.2, -0.15) is 0 Å². The van der Waals surface area contributed by atoms with Crippen molar-refractivity contribution < 1.29 is 13.3 Å². The molecule has 0 unspecified atom stereocenters. The van der Waals surface area contributed by atoms with E-state index in [0.29, 0.717) is 0 Å². The van der Waals surface area contributed by atoms with Crippen LogP contribution in [0.3, 0.4) is 0 Å². The van der Waals surface area contributed by atoms with E-state index >= 15 is 0 Å². The van der Waals surface area contributed by atoms with Crippen molar-refractivity contribution in [3.05, 3.63) is 23.8 Å². The van der Waals surface area contributed by atoms with Gasteiger partial charge in [0.15, 0.2) is 0 Å². The Bertz CT molecular complexity index is 386. The molecule has 0 aliphatic heterocycles. The lowest BCUT2D eigenvalue weighted by Crippen LogP contribution is -2.18. The Morgan fingerprint density at radius 3 is 2.23 bits per heavy atom. The molecule has 1 aromatic rings. The zero-order valence-electron chi connectivity index (χ0n) is 7.34. The fourth-order valence-corrected chi connectivity index (χ4v) is 1.97. The Balaban J connectivity index is 3.41. The molecule has 2 radical (unpaired) electrons. The molecule has 0 spiro atoms. The summed E-state index contributed by atoms with van der Waals surface area (Å²) in [5.74, 6) is -1.45. The Morgan fingerprint density at radius 2 is 1.77 bits per heavy atom. The van der Waals surface area contributed by atoms with Gasteiger partial charge in [0.1, 0.15) is 26.6 Å². The van der Waals surface area contributed by atoms with Crippen LogP contribution < -0.4 is 10.8 Å². The van der Waals surface area contributed by atoms with Gasteiger partial charge in [0.25, 0.3) is 0 Å². The minimum absolute atomic E-state index is 0.0980. The summed E-state index contributed by atoms with van der Waals surface area (Å²) in [4.78, 5) is 0. The van der Waals surface area contributed by atoms with Crippen LogP contribution in [0.2, 0.25) is 0 Å². The predicted molar refractivity (Wildman–Crippen MR) is 50.8 cm³/mol. The molecule has 0 aliphatic carbocycles. The lowest BCUT2D eigenvalue weighted by atomic mass is 9.96. The standard InChI is InChI=1S/C8H8BF2OP/c1-13(2,12)8-4-6(10)5(9)3-7(8)11/h3-4H,1-2H3. The van der Waals surface area contributed by atoms with Crippen molar-refractivity contribution in [3.63, 3.8) is 0 Å². The van der Waals surface area contributed by atoms with Crippen LogP contribution in [0, 0.1) is 11.6 Å². The minimum atomic E-state index is -2.77. The van der Waals surface area contributed by atoms with Gasteiger partial charge in [0, 0.05) is 5.30 Å². The molecule has 0 saturated carbocycles. The first-order valence-electron chi connectivity index (χ1n) is 3.62. The Morgan fingerprint density at radius 1 is 1.23 bits per heavy atom. The second kappa shape index (κ2) is 3.26. The molecule has 0 aliphatic rings. The van der Waals surface area contributed by atoms with Gasteiger partial charge >= 0.3 is 0 Å². The van der Waals surface area contributed by atoms with Crippen molar-refractivity contribution in [2.45, 2.75) is 0 Å². The van der Waals surface area contributed by atoms with Gasteiger partial charge in [0.05, 0.1) is 0 Å². The van der Waals surface area contributed by atoms with E-state index in [4.69, 9.17) is 7.85 Å². The van der Waals surface area contributed by atoms with Crippen LogP contribution in [0.1, 0.15) is 0 Å². The smallest absolute Gasteiger partial charge is 0.133 e. The summed E-state index contributed by atoms with van der Waals surface area (Å²) in [5, 5.41) is -0.0980. The fraction of sp³-hybridized carbons (Fsp3) is 0.250. The van der Waals surface area contributed by atoms with Crippen LogP contribution >= 0.6 is 7.14 Å². The lowest BCUT2D eigenvalue weighted by molar-refractivity contribution is 0.582. The summed E-state index contributed by atoms with van der Waals surface area (Å²) in [5.41, 5.74) is -0.269. The minimum Gasteiger partial charge on any atom is -0.319 e. The molecule has 1 rings (SSSR count). The number of hydrogen-bond acceptors (Lipinski definition) is 1. The maximum atomic E-state index is 13.1. The highest BCUT2D eigenvalue weighted by atomic mass is 31.2. The van der Waals surface area contributed by atoms with E-state index in [1.165, 1.54) is 13.3 Å². The summed E-state index contributed by atoms with van der Waals surface area (Å²) in [6.07, 6.45) is 0. The van der Waals surface area contributed by atoms with Crippen molar-refractivity contribution in [3.8, 4) is 0 Å². The number of rotatable bonds is 1. The Labute approximate surface area is 76.9 Å². The van der Waals surface area contributed by atoms with Gasteiger partial charge in [-0.15, -0.1) is 0 Å². The number of benzene rings is 1. The quantitative estimate of drug-likeness (QED) is 0.488. The summed E-state index contributed by atoms with van der Waals surface area (Å²) in [6, 6.07) is 1.75. The summed E-state index contributed by atoms with van der Waals surface area (Å²) in [7, 11) is 2.36. The SMILES string of the molecule is [B]c1cc(F)c(P(C)(C)=O)cc1F. The average molecular weight is 200 g/mol. The van der Waals surface area contributed by atoms with Crippen LogP contribution in [0.4, 0.5) is 8.78 Å². The van der Waals surface area contributed by atoms with Crippen molar-refractivity contribution in [2.24, 2.45) is 0 Å². The maximum absolute atomic E-state index is 13.1. The summed E-state index contributed by atoms with van der Waals surface area (Å²) in [6.45, 7) is 2.75. The highest BCUT2D eigenvalue weighted by Gasteiger charge is 2.18. The molecule has 0 fully saturated rings. The van der Waals surface area contributed by atoms with E-state index in [2.05, 4.69) is 0 Å². The van der Waals surface area contributed by atoms with Gasteiger partial charge in [-0.1, -0.05) is 5.46 Å². The number of hydrogen-bond donors (Lipinski definition) is 0. The van der Waals surface area contributed by atoms with Crippen LogP contribution in [0.25, 0.3) is 0 Å². The van der Waals surface area contributed by atoms with E-state index in [9.17, 15) is 13.3 Å². The van der Waals surface area contributed by atoms with Crippen LogP contribution in [0.5, 0.6) is 0 Å². The first-order chi connectivity index (χ1) is 5.82. The van der Waals surface area contributed by atoms with Gasteiger partial charge < -0.3 is 4.57 Å². The third-order valence-corrected chi connectivity index (χ3v) is 3.15. The van der Waals surface area contributed by atoms with E-state index in [1.54, 1.807) is 0 Å². The maximum Gasteiger partial charge on any atom is 0.133 e. The van der Waals surface area contributed by atoms with Crippen molar-refractivity contribution in [2.75, 3.05) is 13.3 Å². The van der Waals surface area contributed by atoms with Crippen molar-refractivity contribution in [1.82, 2.24) is 0 Å². The number of halogens is 2. The third-order valence-electron chi connectivity index (χ3n) is 1.65. The van der Waals surface area contributed by atoms with Gasteiger partial charge in [-0.05, 0) is 25.5 Å². The molecular weight excluding hydrogens is 192 g/mol. The average Bonchev–Trinajstić information content (AvgIpc) is 1.94. The van der Waals surface area contributed by atoms with Crippen molar-refractivity contribution in [1.29, 1.82) is 0 Å². The van der Waals surface area contributed by atoms with E-state index in [-0.39, 0.29) is 10.8 Å². The Kier molecular flexibility index (Phi) is 2.62. The fourth-order valence-electron chi connectivity index (χ4n) is 0.964. The van der Waals surface area contributed by atoms with Gasteiger partial charge in [-0.3, -0.25) is 0 Å². The molecule has 0 heterocycles. The molecule has 1 nitrogen and oxygen atoms in total. The second-order valence-corrected chi connectivity index (χ2v) is 6.36. The highest BCUT2D eigenvalue weighted by Crippen LogP contribution is 2.35. The molecule has 1 aromatic carbocycles. The molecular formula is C8H8BF2OP. The van der Waals surface area contributed by atoms with Gasteiger partial charge in [-0.25, -0.2) is 8.78 Å². The normalized spacial score (nSPS) is 11.7. The zero-order chi connectivity index (χ0) is 10.2. The molecule has 0 atom stereocenters. The highest BCUT2D eigenvalue weighted by molar-refractivity contribution is 7.70. The van der Waals surface area contributed by atoms with Gasteiger partial charge in [0.2, 0.25) is 0 Å². The first kappa shape index (κ1) is 10.5. The molecule has 0 saturated heterocycles. The molecule has 0 amide bonds. The van der Waals surface area contributed by atoms with E-state index in [0.717, 1.165) is 12.1 Å². The largest absolute Gasteiger partial charge is 0.319 e. The molecule has 68 valence electrons. The molecule has 0 aromatic heterocycles. The predicted octanol–water partition coefficient (Wildman–Crippen LogP) is 1.01. The summed E-state index contributed by atoms with van der Waals surface area (Å²) >= 11 is 0. The van der Waals surface area contributed by atoms with Crippen LogP contribution in [-0.2, 0) is 4.57 Å². The molecule has 0 bridgehead atoms.